The van der Waals surface area contributed by atoms with E-state index in [-0.39, 0.29) is 5.91 Å². The van der Waals surface area contributed by atoms with Crippen LogP contribution in [0.25, 0.3) is 10.9 Å². The standard InChI is InChI=1S/C22H22N4O/c27-22(8-4-13-26-14-5-12-23-26)24-20-9-10-21-19(16-20)11-15-25(21)17-18-6-2-1-3-7-18/h1-3,5-7,9-12,14-16H,4,8,13,17H2,(H,24,27). The molecule has 4 aromatic rings. The van der Waals surface area contributed by atoms with Crippen molar-refractivity contribution in [3.05, 3.63) is 84.8 Å². The normalized spacial score (nSPS) is 11.0. The maximum Gasteiger partial charge on any atom is 0.224 e. The third-order valence-corrected chi connectivity index (χ3v) is 4.60. The van der Waals surface area contributed by atoms with Gasteiger partial charge in [-0.15, -0.1) is 0 Å². The van der Waals surface area contributed by atoms with Crippen LogP contribution < -0.4 is 5.32 Å². The lowest BCUT2D eigenvalue weighted by atomic mass is 10.2. The van der Waals surface area contributed by atoms with Gasteiger partial charge in [-0.05, 0) is 42.3 Å². The molecule has 0 bridgehead atoms. The summed E-state index contributed by atoms with van der Waals surface area (Å²) in [4.78, 5) is 12.2. The molecule has 0 radical (unpaired) electrons. The van der Waals surface area contributed by atoms with Crippen molar-refractivity contribution in [1.29, 1.82) is 0 Å². The Hall–Kier alpha value is -3.34. The van der Waals surface area contributed by atoms with Gasteiger partial charge in [0.25, 0.3) is 0 Å². The monoisotopic (exact) mass is 358 g/mol. The molecular formula is C22H22N4O. The van der Waals surface area contributed by atoms with Crippen LogP contribution >= 0.6 is 0 Å². The van der Waals surface area contributed by atoms with Crippen molar-refractivity contribution in [1.82, 2.24) is 14.3 Å². The van der Waals surface area contributed by atoms with E-state index < -0.39 is 0 Å². The number of aryl methyl sites for hydroxylation is 1. The lowest BCUT2D eigenvalue weighted by molar-refractivity contribution is -0.116. The molecule has 27 heavy (non-hydrogen) atoms. The van der Waals surface area contributed by atoms with Crippen LogP contribution in [0.2, 0.25) is 0 Å². The SMILES string of the molecule is O=C(CCCn1cccn1)Nc1ccc2c(ccn2Cc2ccccc2)c1. The summed E-state index contributed by atoms with van der Waals surface area (Å²) in [6.07, 6.45) is 6.99. The third-order valence-electron chi connectivity index (χ3n) is 4.60. The van der Waals surface area contributed by atoms with Crippen molar-refractivity contribution in [3.63, 3.8) is 0 Å². The first kappa shape index (κ1) is 17.1. The molecule has 2 heterocycles. The van der Waals surface area contributed by atoms with Gasteiger partial charge in [-0.1, -0.05) is 30.3 Å². The number of rotatable bonds is 7. The number of amides is 1. The summed E-state index contributed by atoms with van der Waals surface area (Å²) in [5.74, 6) is 0.0326. The van der Waals surface area contributed by atoms with Crippen LogP contribution in [-0.4, -0.2) is 20.3 Å². The first-order valence-electron chi connectivity index (χ1n) is 9.18. The molecule has 4 rings (SSSR count). The van der Waals surface area contributed by atoms with Gasteiger partial charge < -0.3 is 9.88 Å². The molecule has 0 aliphatic carbocycles. The summed E-state index contributed by atoms with van der Waals surface area (Å²) < 4.78 is 4.06. The lowest BCUT2D eigenvalue weighted by Gasteiger charge is -2.08. The molecule has 0 fully saturated rings. The van der Waals surface area contributed by atoms with E-state index in [0.29, 0.717) is 6.42 Å². The zero-order valence-electron chi connectivity index (χ0n) is 15.1. The van der Waals surface area contributed by atoms with E-state index in [1.807, 2.05) is 35.1 Å². The Bertz CT molecular complexity index is 1020. The number of nitrogens with zero attached hydrogens (tertiary/aromatic N) is 3. The average molecular weight is 358 g/mol. The van der Waals surface area contributed by atoms with Gasteiger partial charge in [0, 0.05) is 54.7 Å². The Morgan fingerprint density at radius 2 is 1.89 bits per heavy atom. The van der Waals surface area contributed by atoms with Crippen LogP contribution in [0.5, 0.6) is 0 Å². The second-order valence-corrected chi connectivity index (χ2v) is 6.62. The molecule has 0 aliphatic heterocycles. The van der Waals surface area contributed by atoms with Crippen molar-refractivity contribution in [2.24, 2.45) is 0 Å². The molecule has 0 atom stereocenters. The minimum atomic E-state index is 0.0326. The number of carbonyl (C=O) groups is 1. The molecule has 2 aromatic carbocycles. The summed E-state index contributed by atoms with van der Waals surface area (Å²) in [7, 11) is 0. The summed E-state index contributed by atoms with van der Waals surface area (Å²) in [6, 6.07) is 20.4. The Kier molecular flexibility index (Phi) is 5.01. The van der Waals surface area contributed by atoms with E-state index in [1.165, 1.54) is 5.56 Å². The van der Waals surface area contributed by atoms with E-state index >= 15 is 0 Å². The summed E-state index contributed by atoms with van der Waals surface area (Å²) in [6.45, 7) is 1.59. The van der Waals surface area contributed by atoms with Gasteiger partial charge >= 0.3 is 0 Å². The van der Waals surface area contributed by atoms with E-state index in [1.54, 1.807) is 6.20 Å². The summed E-state index contributed by atoms with van der Waals surface area (Å²) in [5, 5.41) is 8.27. The highest BCUT2D eigenvalue weighted by molar-refractivity contribution is 5.93. The first-order valence-corrected chi connectivity index (χ1v) is 9.18. The second-order valence-electron chi connectivity index (χ2n) is 6.62. The molecule has 0 aliphatic rings. The van der Waals surface area contributed by atoms with Crippen LogP contribution in [0.3, 0.4) is 0 Å². The van der Waals surface area contributed by atoms with E-state index in [0.717, 1.165) is 36.1 Å². The fraction of sp³-hybridized carbons (Fsp3) is 0.182. The average Bonchev–Trinajstić information content (AvgIpc) is 3.33. The highest BCUT2D eigenvalue weighted by atomic mass is 16.1. The summed E-state index contributed by atoms with van der Waals surface area (Å²) >= 11 is 0. The minimum Gasteiger partial charge on any atom is -0.343 e. The molecule has 0 unspecified atom stereocenters. The molecule has 0 saturated carbocycles. The third kappa shape index (κ3) is 4.26. The molecule has 0 saturated heterocycles. The fourth-order valence-corrected chi connectivity index (χ4v) is 3.25. The number of benzene rings is 2. The summed E-state index contributed by atoms with van der Waals surface area (Å²) in [5.41, 5.74) is 3.27. The predicted octanol–water partition coefficient (Wildman–Crippen LogP) is 4.31. The maximum atomic E-state index is 12.2. The number of anilines is 1. The Morgan fingerprint density at radius 3 is 2.70 bits per heavy atom. The highest BCUT2D eigenvalue weighted by Gasteiger charge is 2.06. The molecule has 1 amide bonds. The van der Waals surface area contributed by atoms with E-state index in [9.17, 15) is 4.79 Å². The lowest BCUT2D eigenvalue weighted by Crippen LogP contribution is -2.12. The van der Waals surface area contributed by atoms with Gasteiger partial charge in [0.15, 0.2) is 0 Å². The smallest absolute Gasteiger partial charge is 0.224 e. The largest absolute Gasteiger partial charge is 0.343 e. The Balaban J connectivity index is 1.37. The Labute approximate surface area is 158 Å². The molecule has 136 valence electrons. The minimum absolute atomic E-state index is 0.0326. The van der Waals surface area contributed by atoms with Crippen LogP contribution in [0, 0.1) is 0 Å². The van der Waals surface area contributed by atoms with Crippen LogP contribution in [0.15, 0.2) is 79.3 Å². The van der Waals surface area contributed by atoms with Gasteiger partial charge in [-0.3, -0.25) is 9.48 Å². The number of hydrogen-bond donors (Lipinski definition) is 1. The number of nitrogens with one attached hydrogen (secondary N) is 1. The number of fused-ring (bicyclic) bond motifs is 1. The number of carbonyl (C=O) groups excluding carboxylic acids is 1. The molecule has 1 N–H and O–H groups in total. The van der Waals surface area contributed by atoms with Crippen LogP contribution in [0.4, 0.5) is 5.69 Å². The molecule has 5 nitrogen and oxygen atoms in total. The molecule has 2 aromatic heterocycles. The molecular weight excluding hydrogens is 336 g/mol. The van der Waals surface area contributed by atoms with E-state index in [2.05, 4.69) is 57.6 Å². The van der Waals surface area contributed by atoms with Crippen molar-refractivity contribution in [2.45, 2.75) is 25.9 Å². The second kappa shape index (κ2) is 7.91. The van der Waals surface area contributed by atoms with Gasteiger partial charge in [-0.25, -0.2) is 0 Å². The van der Waals surface area contributed by atoms with Gasteiger partial charge in [0.2, 0.25) is 5.91 Å². The fourth-order valence-electron chi connectivity index (χ4n) is 3.25. The van der Waals surface area contributed by atoms with Crippen molar-refractivity contribution in [2.75, 3.05) is 5.32 Å². The van der Waals surface area contributed by atoms with Crippen molar-refractivity contribution in [3.8, 4) is 0 Å². The van der Waals surface area contributed by atoms with Gasteiger partial charge in [0.1, 0.15) is 0 Å². The Morgan fingerprint density at radius 1 is 1.00 bits per heavy atom. The van der Waals surface area contributed by atoms with E-state index in [4.69, 9.17) is 0 Å². The first-order chi connectivity index (χ1) is 13.3. The highest BCUT2D eigenvalue weighted by Crippen LogP contribution is 2.22. The van der Waals surface area contributed by atoms with Crippen LogP contribution in [-0.2, 0) is 17.9 Å². The molecule has 0 spiro atoms. The predicted molar refractivity (Wildman–Crippen MR) is 108 cm³/mol. The van der Waals surface area contributed by atoms with Crippen molar-refractivity contribution < 1.29 is 4.79 Å². The zero-order valence-corrected chi connectivity index (χ0v) is 15.1. The number of hydrogen-bond acceptors (Lipinski definition) is 2. The number of aromatic nitrogens is 3. The van der Waals surface area contributed by atoms with Gasteiger partial charge in [0.05, 0.1) is 0 Å². The quantitative estimate of drug-likeness (QED) is 0.535. The van der Waals surface area contributed by atoms with Crippen LogP contribution in [0.1, 0.15) is 18.4 Å². The zero-order chi connectivity index (χ0) is 18.5. The topological polar surface area (TPSA) is 51.9 Å². The van der Waals surface area contributed by atoms with Gasteiger partial charge in [-0.2, -0.15) is 5.10 Å². The van der Waals surface area contributed by atoms with Crippen molar-refractivity contribution >= 4 is 22.5 Å². The molecule has 5 heteroatoms. The maximum absolute atomic E-state index is 12.2.